The number of benzene rings is 2. The van der Waals surface area contributed by atoms with E-state index in [2.05, 4.69) is 0 Å². The zero-order chi connectivity index (χ0) is 20.1. The Morgan fingerprint density at radius 1 is 1.14 bits per heavy atom. The number of hydrogen-bond donors (Lipinski definition) is 0. The van der Waals surface area contributed by atoms with Crippen molar-refractivity contribution in [2.75, 3.05) is 20.8 Å². The van der Waals surface area contributed by atoms with Gasteiger partial charge in [-0.15, -0.1) is 0 Å². The normalized spacial score (nSPS) is 18.6. The second kappa shape index (κ2) is 8.73. The predicted octanol–water partition coefficient (Wildman–Crippen LogP) is 2.60. The van der Waals surface area contributed by atoms with Crippen molar-refractivity contribution < 1.29 is 28.2 Å². The highest BCUT2D eigenvalue weighted by Gasteiger charge is 2.41. The number of halogens is 1. The first-order valence-corrected chi connectivity index (χ1v) is 8.93. The number of para-hydroxylation sites is 1. The molecule has 1 amide bonds. The summed E-state index contributed by atoms with van der Waals surface area (Å²) in [5.41, 5.74) is 0.770. The molecule has 0 radical (unpaired) electrons. The summed E-state index contributed by atoms with van der Waals surface area (Å²) >= 11 is 0. The molecule has 2 unspecified atom stereocenters. The number of carbonyl (C=O) groups is 2. The summed E-state index contributed by atoms with van der Waals surface area (Å²) in [6, 6.07) is 12.5. The van der Waals surface area contributed by atoms with Gasteiger partial charge in [-0.3, -0.25) is 4.79 Å². The van der Waals surface area contributed by atoms with E-state index in [1.165, 1.54) is 24.1 Å². The average molecular weight is 387 g/mol. The highest BCUT2D eigenvalue weighted by Crippen LogP contribution is 2.26. The quantitative estimate of drug-likeness (QED) is 0.713. The van der Waals surface area contributed by atoms with Gasteiger partial charge in [-0.1, -0.05) is 24.3 Å². The van der Waals surface area contributed by atoms with Gasteiger partial charge < -0.3 is 19.1 Å². The third-order valence-corrected chi connectivity index (χ3v) is 4.68. The van der Waals surface area contributed by atoms with E-state index in [1.54, 1.807) is 37.4 Å². The lowest BCUT2D eigenvalue weighted by Crippen LogP contribution is -2.42. The predicted molar refractivity (Wildman–Crippen MR) is 99.6 cm³/mol. The summed E-state index contributed by atoms with van der Waals surface area (Å²) in [4.78, 5) is 26.5. The minimum atomic E-state index is -0.764. The molecule has 1 aliphatic heterocycles. The molecular formula is C21H22FNO5. The first-order valence-electron chi connectivity index (χ1n) is 8.93. The Bertz CT molecular complexity index is 856. The number of nitrogens with zero attached hydrogens (tertiary/aromatic N) is 1. The first-order chi connectivity index (χ1) is 13.5. The van der Waals surface area contributed by atoms with Crippen LogP contribution in [-0.4, -0.2) is 49.7 Å². The number of likely N-dealkylation sites (tertiary alicyclic amines) is 1. The summed E-state index contributed by atoms with van der Waals surface area (Å²) in [5.74, 6) is -0.490. The maximum atomic E-state index is 13.9. The standard InChI is InChI=1S/C21H22FNO5/c1-26-15-7-5-6-14(10-15)11-20(24)23-13-16(12-18(23)21(25)27-2)28-19-9-4-3-8-17(19)22/h3-10,16,18H,11-13H2,1-2H3. The minimum absolute atomic E-state index is 0.0956. The molecule has 2 aromatic rings. The summed E-state index contributed by atoms with van der Waals surface area (Å²) in [6.45, 7) is 0.177. The first kappa shape index (κ1) is 19.7. The Hall–Kier alpha value is -3.09. The van der Waals surface area contributed by atoms with E-state index in [0.29, 0.717) is 5.75 Å². The van der Waals surface area contributed by atoms with Crippen LogP contribution in [0.4, 0.5) is 4.39 Å². The SMILES string of the molecule is COC(=O)C1CC(Oc2ccccc2F)CN1C(=O)Cc1cccc(OC)c1. The Morgan fingerprint density at radius 3 is 2.64 bits per heavy atom. The number of amides is 1. The molecular weight excluding hydrogens is 365 g/mol. The van der Waals surface area contributed by atoms with Gasteiger partial charge in [-0.25, -0.2) is 9.18 Å². The van der Waals surface area contributed by atoms with Gasteiger partial charge in [0, 0.05) is 6.42 Å². The van der Waals surface area contributed by atoms with Crippen molar-refractivity contribution in [1.29, 1.82) is 0 Å². The van der Waals surface area contributed by atoms with E-state index in [-0.39, 0.29) is 31.0 Å². The van der Waals surface area contributed by atoms with Gasteiger partial charge in [0.15, 0.2) is 11.6 Å². The second-order valence-corrected chi connectivity index (χ2v) is 6.52. The number of ether oxygens (including phenoxy) is 3. The Balaban J connectivity index is 1.74. The van der Waals surface area contributed by atoms with Gasteiger partial charge >= 0.3 is 5.97 Å². The van der Waals surface area contributed by atoms with E-state index in [1.807, 2.05) is 6.07 Å². The molecule has 0 aliphatic carbocycles. The maximum Gasteiger partial charge on any atom is 0.328 e. The molecule has 148 valence electrons. The average Bonchev–Trinajstić information content (AvgIpc) is 3.13. The van der Waals surface area contributed by atoms with Crippen LogP contribution in [0.1, 0.15) is 12.0 Å². The van der Waals surface area contributed by atoms with E-state index in [4.69, 9.17) is 14.2 Å². The van der Waals surface area contributed by atoms with Gasteiger partial charge in [0.05, 0.1) is 27.2 Å². The summed E-state index contributed by atoms with van der Waals surface area (Å²) < 4.78 is 29.6. The largest absolute Gasteiger partial charge is 0.497 e. The van der Waals surface area contributed by atoms with Crippen molar-refractivity contribution in [3.8, 4) is 11.5 Å². The maximum absolute atomic E-state index is 13.9. The highest BCUT2D eigenvalue weighted by molar-refractivity contribution is 5.86. The molecule has 7 heteroatoms. The molecule has 2 atom stereocenters. The van der Waals surface area contributed by atoms with Crippen LogP contribution in [0.5, 0.6) is 11.5 Å². The zero-order valence-corrected chi connectivity index (χ0v) is 15.8. The lowest BCUT2D eigenvalue weighted by atomic mass is 10.1. The third kappa shape index (κ3) is 4.42. The van der Waals surface area contributed by atoms with Crippen molar-refractivity contribution in [3.63, 3.8) is 0 Å². The van der Waals surface area contributed by atoms with Crippen LogP contribution >= 0.6 is 0 Å². The molecule has 0 bridgehead atoms. The highest BCUT2D eigenvalue weighted by atomic mass is 19.1. The van der Waals surface area contributed by atoms with Gasteiger partial charge in [0.25, 0.3) is 0 Å². The van der Waals surface area contributed by atoms with Crippen molar-refractivity contribution >= 4 is 11.9 Å². The topological polar surface area (TPSA) is 65.1 Å². The molecule has 0 N–H and O–H groups in total. The van der Waals surface area contributed by atoms with Crippen LogP contribution in [0, 0.1) is 5.82 Å². The fourth-order valence-electron chi connectivity index (χ4n) is 3.30. The summed E-state index contributed by atoms with van der Waals surface area (Å²) in [5, 5.41) is 0. The van der Waals surface area contributed by atoms with Crippen LogP contribution in [0.3, 0.4) is 0 Å². The lowest BCUT2D eigenvalue weighted by molar-refractivity contribution is -0.150. The van der Waals surface area contributed by atoms with Crippen LogP contribution in [-0.2, 0) is 20.7 Å². The van der Waals surface area contributed by atoms with E-state index in [0.717, 1.165) is 5.56 Å². The number of carbonyl (C=O) groups excluding carboxylic acids is 2. The summed E-state index contributed by atoms with van der Waals surface area (Å²) in [7, 11) is 2.83. The fraction of sp³-hybridized carbons (Fsp3) is 0.333. The molecule has 1 heterocycles. The van der Waals surface area contributed by atoms with Crippen molar-refractivity contribution in [2.24, 2.45) is 0 Å². The van der Waals surface area contributed by atoms with Gasteiger partial charge in [-0.2, -0.15) is 0 Å². The van der Waals surface area contributed by atoms with Crippen LogP contribution in [0.25, 0.3) is 0 Å². The third-order valence-electron chi connectivity index (χ3n) is 4.68. The van der Waals surface area contributed by atoms with Crippen molar-refractivity contribution in [3.05, 3.63) is 59.9 Å². The number of hydrogen-bond acceptors (Lipinski definition) is 5. The van der Waals surface area contributed by atoms with Gasteiger partial charge in [0.1, 0.15) is 17.9 Å². The van der Waals surface area contributed by atoms with Gasteiger partial charge in [0.2, 0.25) is 5.91 Å². The molecule has 1 aliphatic rings. The molecule has 2 aromatic carbocycles. The number of esters is 1. The Labute approximate surface area is 162 Å². The molecule has 3 rings (SSSR count). The zero-order valence-electron chi connectivity index (χ0n) is 15.8. The summed E-state index contributed by atoms with van der Waals surface area (Å²) in [6.07, 6.45) is -0.155. The monoisotopic (exact) mass is 387 g/mol. The van der Waals surface area contributed by atoms with E-state index < -0.39 is 23.9 Å². The van der Waals surface area contributed by atoms with E-state index in [9.17, 15) is 14.0 Å². The second-order valence-electron chi connectivity index (χ2n) is 6.52. The van der Waals surface area contributed by atoms with Crippen LogP contribution in [0.15, 0.2) is 48.5 Å². The molecule has 0 aromatic heterocycles. The molecule has 28 heavy (non-hydrogen) atoms. The lowest BCUT2D eigenvalue weighted by Gasteiger charge is -2.22. The van der Waals surface area contributed by atoms with Crippen molar-refractivity contribution in [1.82, 2.24) is 4.90 Å². The van der Waals surface area contributed by atoms with Crippen LogP contribution in [0.2, 0.25) is 0 Å². The number of rotatable bonds is 6. The van der Waals surface area contributed by atoms with Gasteiger partial charge in [-0.05, 0) is 29.8 Å². The van der Waals surface area contributed by atoms with Crippen LogP contribution < -0.4 is 9.47 Å². The van der Waals surface area contributed by atoms with Crippen molar-refractivity contribution in [2.45, 2.75) is 25.0 Å². The Morgan fingerprint density at radius 2 is 1.93 bits per heavy atom. The Kier molecular flexibility index (Phi) is 6.13. The molecule has 6 nitrogen and oxygen atoms in total. The van der Waals surface area contributed by atoms with E-state index >= 15 is 0 Å². The minimum Gasteiger partial charge on any atom is -0.497 e. The molecule has 1 fully saturated rings. The molecule has 0 saturated carbocycles. The fourth-order valence-corrected chi connectivity index (χ4v) is 3.30. The smallest absolute Gasteiger partial charge is 0.328 e. The molecule has 0 spiro atoms. The number of methoxy groups -OCH3 is 2. The molecule has 1 saturated heterocycles.